The van der Waals surface area contributed by atoms with Crippen LogP contribution in [0, 0.1) is 5.92 Å². The Morgan fingerprint density at radius 3 is 3.00 bits per heavy atom. The van der Waals surface area contributed by atoms with Crippen LogP contribution in [0.15, 0.2) is 36.5 Å². The van der Waals surface area contributed by atoms with Crippen molar-refractivity contribution in [3.05, 3.63) is 36.5 Å². The molecule has 18 heavy (non-hydrogen) atoms. The van der Waals surface area contributed by atoms with E-state index < -0.39 is 0 Å². The zero-order valence-electron chi connectivity index (χ0n) is 9.84. The molecule has 1 amide bonds. The minimum absolute atomic E-state index is 0.137. The van der Waals surface area contributed by atoms with E-state index in [1.54, 1.807) is 11.1 Å². The highest BCUT2D eigenvalue weighted by Gasteiger charge is 2.30. The maximum atomic E-state index is 11.9. The quantitative estimate of drug-likeness (QED) is 0.778. The minimum Gasteiger partial charge on any atom is -0.311 e. The molecule has 1 atom stereocenters. The van der Waals surface area contributed by atoms with Crippen LogP contribution in [-0.2, 0) is 4.79 Å². The Labute approximate surface area is 110 Å². The lowest BCUT2D eigenvalue weighted by molar-refractivity contribution is -0.117. The second-order valence-corrected chi connectivity index (χ2v) is 4.92. The first-order valence-corrected chi connectivity index (χ1v) is 6.52. The molecule has 0 N–H and O–H groups in total. The van der Waals surface area contributed by atoms with Gasteiger partial charge in [0.15, 0.2) is 0 Å². The molecule has 1 aliphatic rings. The van der Waals surface area contributed by atoms with Crippen LogP contribution in [0.1, 0.15) is 6.42 Å². The number of rotatable bonds is 2. The van der Waals surface area contributed by atoms with Gasteiger partial charge in [0, 0.05) is 24.2 Å². The van der Waals surface area contributed by atoms with Gasteiger partial charge < -0.3 is 4.90 Å². The van der Waals surface area contributed by atoms with Gasteiger partial charge in [-0.1, -0.05) is 18.2 Å². The van der Waals surface area contributed by atoms with Crippen molar-refractivity contribution in [2.24, 2.45) is 5.92 Å². The molecule has 0 bridgehead atoms. The van der Waals surface area contributed by atoms with E-state index in [9.17, 15) is 4.79 Å². The predicted molar refractivity (Wildman–Crippen MR) is 72.9 cm³/mol. The molecular weight excluding hydrogens is 248 g/mol. The molecular formula is C14H13ClN2O. The van der Waals surface area contributed by atoms with Gasteiger partial charge in [0.05, 0.1) is 17.4 Å². The summed E-state index contributed by atoms with van der Waals surface area (Å²) in [7, 11) is 0. The standard InChI is InChI=1S/C14H13ClN2O/c15-7-10-5-14(18)17(9-10)12-6-11-3-1-2-4-13(11)16-8-12/h1-4,6,8,10H,5,7,9H2. The molecule has 3 nitrogen and oxygen atoms in total. The molecule has 0 spiro atoms. The summed E-state index contributed by atoms with van der Waals surface area (Å²) >= 11 is 5.83. The number of amides is 1. The third-order valence-corrected chi connectivity index (χ3v) is 3.75. The average molecular weight is 261 g/mol. The van der Waals surface area contributed by atoms with Gasteiger partial charge in [-0.25, -0.2) is 0 Å². The van der Waals surface area contributed by atoms with Crippen molar-refractivity contribution in [2.45, 2.75) is 6.42 Å². The fourth-order valence-corrected chi connectivity index (χ4v) is 2.55. The summed E-state index contributed by atoms with van der Waals surface area (Å²) in [6, 6.07) is 9.91. The molecule has 2 heterocycles. The molecule has 1 aliphatic heterocycles. The third kappa shape index (κ3) is 1.95. The second-order valence-electron chi connectivity index (χ2n) is 4.62. The van der Waals surface area contributed by atoms with E-state index in [1.807, 2.05) is 30.3 Å². The lowest BCUT2D eigenvalue weighted by Gasteiger charge is -2.16. The van der Waals surface area contributed by atoms with E-state index in [2.05, 4.69) is 4.98 Å². The maximum absolute atomic E-state index is 11.9. The van der Waals surface area contributed by atoms with Crippen molar-refractivity contribution in [3.63, 3.8) is 0 Å². The number of alkyl halides is 1. The summed E-state index contributed by atoms with van der Waals surface area (Å²) in [6.07, 6.45) is 2.30. The molecule has 2 aromatic rings. The van der Waals surface area contributed by atoms with Crippen LogP contribution in [0.4, 0.5) is 5.69 Å². The molecule has 0 aliphatic carbocycles. The number of anilines is 1. The summed E-state index contributed by atoms with van der Waals surface area (Å²) in [4.78, 5) is 18.1. The second kappa shape index (κ2) is 4.58. The van der Waals surface area contributed by atoms with E-state index >= 15 is 0 Å². The molecule has 1 aromatic heterocycles. The van der Waals surface area contributed by atoms with Gasteiger partial charge in [-0.3, -0.25) is 9.78 Å². The highest BCUT2D eigenvalue weighted by molar-refractivity contribution is 6.18. The minimum atomic E-state index is 0.137. The van der Waals surface area contributed by atoms with Gasteiger partial charge in [0.25, 0.3) is 0 Å². The van der Waals surface area contributed by atoms with Crippen LogP contribution in [0.5, 0.6) is 0 Å². The van der Waals surface area contributed by atoms with Crippen LogP contribution < -0.4 is 4.90 Å². The van der Waals surface area contributed by atoms with Gasteiger partial charge in [0.2, 0.25) is 5.91 Å². The first-order chi connectivity index (χ1) is 8.78. The van der Waals surface area contributed by atoms with E-state index in [0.29, 0.717) is 18.8 Å². The average Bonchev–Trinajstić information content (AvgIpc) is 2.79. The summed E-state index contributed by atoms with van der Waals surface area (Å²) in [5, 5.41) is 1.05. The predicted octanol–water partition coefficient (Wildman–Crippen LogP) is 2.83. The van der Waals surface area contributed by atoms with Crippen molar-refractivity contribution in [1.29, 1.82) is 0 Å². The number of pyridine rings is 1. The monoisotopic (exact) mass is 260 g/mol. The van der Waals surface area contributed by atoms with Crippen molar-refractivity contribution in [2.75, 3.05) is 17.3 Å². The summed E-state index contributed by atoms with van der Waals surface area (Å²) in [5.74, 6) is 0.923. The number of halogens is 1. The number of hydrogen-bond donors (Lipinski definition) is 0. The Kier molecular flexibility index (Phi) is 2.92. The molecule has 1 aromatic carbocycles. The number of nitrogens with zero attached hydrogens (tertiary/aromatic N) is 2. The summed E-state index contributed by atoms with van der Waals surface area (Å²) in [5.41, 5.74) is 1.81. The lowest BCUT2D eigenvalue weighted by atomic mass is 10.1. The van der Waals surface area contributed by atoms with Crippen LogP contribution in [-0.4, -0.2) is 23.3 Å². The van der Waals surface area contributed by atoms with Crippen LogP contribution in [0.2, 0.25) is 0 Å². The number of aromatic nitrogens is 1. The van der Waals surface area contributed by atoms with Gasteiger partial charge in [0.1, 0.15) is 0 Å². The van der Waals surface area contributed by atoms with Gasteiger partial charge in [-0.05, 0) is 18.1 Å². The van der Waals surface area contributed by atoms with Gasteiger partial charge in [-0.15, -0.1) is 11.6 Å². The normalized spacial score (nSPS) is 19.7. The Hall–Kier alpha value is -1.61. The zero-order valence-corrected chi connectivity index (χ0v) is 10.6. The Morgan fingerprint density at radius 1 is 1.39 bits per heavy atom. The number of carbonyl (C=O) groups is 1. The topological polar surface area (TPSA) is 33.2 Å². The van der Waals surface area contributed by atoms with E-state index in [4.69, 9.17) is 11.6 Å². The van der Waals surface area contributed by atoms with Crippen LogP contribution in [0.3, 0.4) is 0 Å². The number of benzene rings is 1. The molecule has 0 saturated carbocycles. The Morgan fingerprint density at radius 2 is 2.22 bits per heavy atom. The first kappa shape index (κ1) is 11.5. The first-order valence-electron chi connectivity index (χ1n) is 5.99. The van der Waals surface area contributed by atoms with E-state index in [1.165, 1.54) is 0 Å². The van der Waals surface area contributed by atoms with Crippen LogP contribution in [0.25, 0.3) is 10.9 Å². The largest absolute Gasteiger partial charge is 0.311 e. The fourth-order valence-electron chi connectivity index (χ4n) is 2.34. The molecule has 4 heteroatoms. The van der Waals surface area contributed by atoms with Gasteiger partial charge >= 0.3 is 0 Å². The van der Waals surface area contributed by atoms with Crippen molar-refractivity contribution in [3.8, 4) is 0 Å². The maximum Gasteiger partial charge on any atom is 0.227 e. The Balaban J connectivity index is 1.97. The zero-order chi connectivity index (χ0) is 12.5. The molecule has 92 valence electrons. The van der Waals surface area contributed by atoms with E-state index in [-0.39, 0.29) is 11.8 Å². The number of fused-ring (bicyclic) bond motifs is 1. The molecule has 3 rings (SSSR count). The fraction of sp³-hybridized carbons (Fsp3) is 0.286. The summed E-state index contributed by atoms with van der Waals surface area (Å²) in [6.45, 7) is 0.697. The smallest absolute Gasteiger partial charge is 0.227 e. The van der Waals surface area contributed by atoms with Crippen molar-refractivity contribution < 1.29 is 4.79 Å². The number of hydrogen-bond acceptors (Lipinski definition) is 2. The third-order valence-electron chi connectivity index (χ3n) is 3.31. The molecule has 0 radical (unpaired) electrons. The number of carbonyl (C=O) groups excluding carboxylic acids is 1. The highest BCUT2D eigenvalue weighted by atomic mass is 35.5. The SMILES string of the molecule is O=C1CC(CCl)CN1c1cnc2ccccc2c1. The Bertz CT molecular complexity index is 599. The molecule has 1 fully saturated rings. The van der Waals surface area contributed by atoms with Crippen molar-refractivity contribution in [1.82, 2.24) is 4.98 Å². The summed E-state index contributed by atoms with van der Waals surface area (Å²) < 4.78 is 0. The van der Waals surface area contributed by atoms with Gasteiger partial charge in [-0.2, -0.15) is 0 Å². The molecule has 1 saturated heterocycles. The lowest BCUT2D eigenvalue weighted by Crippen LogP contribution is -2.24. The van der Waals surface area contributed by atoms with E-state index in [0.717, 1.165) is 16.6 Å². The van der Waals surface area contributed by atoms with Crippen LogP contribution >= 0.6 is 11.6 Å². The molecule has 1 unspecified atom stereocenters. The highest BCUT2D eigenvalue weighted by Crippen LogP contribution is 2.27. The number of para-hydroxylation sites is 1. The van der Waals surface area contributed by atoms with Crippen molar-refractivity contribution >= 4 is 34.1 Å².